The van der Waals surface area contributed by atoms with Crippen molar-refractivity contribution >= 4 is 29.9 Å². The molecule has 3 N–H and O–H groups in total. The van der Waals surface area contributed by atoms with Crippen molar-refractivity contribution in [1.82, 2.24) is 19.6 Å². The molecular formula is C19H26ClN5O3. The molecule has 152 valence electrons. The Morgan fingerprint density at radius 1 is 1.36 bits per heavy atom. The Morgan fingerprint density at radius 2 is 2.14 bits per heavy atom. The molecule has 9 heteroatoms. The molecule has 1 aliphatic heterocycles. The summed E-state index contributed by atoms with van der Waals surface area (Å²) in [6.45, 7) is 3.14. The van der Waals surface area contributed by atoms with Crippen molar-refractivity contribution in [2.45, 2.75) is 38.6 Å². The highest BCUT2D eigenvalue weighted by Crippen LogP contribution is 2.18. The second-order valence-corrected chi connectivity index (χ2v) is 6.90. The molecule has 2 aromatic rings. The van der Waals surface area contributed by atoms with Gasteiger partial charge >= 0.3 is 0 Å². The number of carbonyl (C=O) groups is 2. The van der Waals surface area contributed by atoms with Gasteiger partial charge in [-0.25, -0.2) is 4.98 Å². The normalized spacial score (nSPS) is 16.5. The maximum absolute atomic E-state index is 13.1. The summed E-state index contributed by atoms with van der Waals surface area (Å²) in [5.41, 5.74) is 6.58. The van der Waals surface area contributed by atoms with Crippen LogP contribution in [0.2, 0.25) is 0 Å². The van der Waals surface area contributed by atoms with Crippen LogP contribution in [0.4, 0.5) is 0 Å². The minimum Gasteiger partial charge on any atom is -0.354 e. The summed E-state index contributed by atoms with van der Waals surface area (Å²) in [5, 5.41) is 2.83. The number of amides is 2. The number of carbonyl (C=O) groups excluding carboxylic acids is 2. The lowest BCUT2D eigenvalue weighted by molar-refractivity contribution is -0.121. The van der Waals surface area contributed by atoms with Crippen molar-refractivity contribution in [3.8, 4) is 0 Å². The maximum Gasteiger partial charge on any atom is 0.270 e. The summed E-state index contributed by atoms with van der Waals surface area (Å²) in [7, 11) is 0. The minimum atomic E-state index is -0.374. The van der Waals surface area contributed by atoms with Crippen LogP contribution in [-0.4, -0.2) is 51.8 Å². The van der Waals surface area contributed by atoms with E-state index >= 15 is 0 Å². The molecule has 8 nitrogen and oxygen atoms in total. The Morgan fingerprint density at radius 3 is 2.89 bits per heavy atom. The molecule has 0 spiro atoms. The van der Waals surface area contributed by atoms with Crippen LogP contribution in [0, 0.1) is 6.92 Å². The topological polar surface area (TPSA) is 110 Å². The summed E-state index contributed by atoms with van der Waals surface area (Å²) in [6, 6.07) is 3.47. The van der Waals surface area contributed by atoms with Crippen molar-refractivity contribution in [2.75, 3.05) is 19.6 Å². The molecule has 1 aliphatic rings. The Bertz CT molecular complexity index is 914. The molecule has 0 bridgehead atoms. The second kappa shape index (κ2) is 9.66. The number of piperidine rings is 1. The van der Waals surface area contributed by atoms with Gasteiger partial charge < -0.3 is 16.0 Å². The number of aryl methyl sites for hydroxylation is 1. The molecule has 2 amide bonds. The third kappa shape index (κ3) is 4.69. The fourth-order valence-electron chi connectivity index (χ4n) is 3.41. The smallest absolute Gasteiger partial charge is 0.270 e. The monoisotopic (exact) mass is 407 g/mol. The lowest BCUT2D eigenvalue weighted by Crippen LogP contribution is -2.50. The largest absolute Gasteiger partial charge is 0.354 e. The van der Waals surface area contributed by atoms with E-state index in [0.29, 0.717) is 18.7 Å². The zero-order chi connectivity index (χ0) is 19.4. The summed E-state index contributed by atoms with van der Waals surface area (Å²) in [4.78, 5) is 43.5. The number of nitrogens with two attached hydrogens (primary N) is 1. The third-order valence-corrected chi connectivity index (χ3v) is 4.89. The van der Waals surface area contributed by atoms with Gasteiger partial charge in [0, 0.05) is 44.5 Å². The van der Waals surface area contributed by atoms with Gasteiger partial charge in [-0.1, -0.05) is 0 Å². The molecule has 1 saturated heterocycles. The molecule has 1 unspecified atom stereocenters. The Balaban J connectivity index is 0.00000280. The quantitative estimate of drug-likeness (QED) is 0.764. The lowest BCUT2D eigenvalue weighted by Gasteiger charge is -2.35. The SMILES string of the molecule is Cc1ccn2c(=O)c(C(=O)N3CCCCC3CNC(=O)CCN)cnc2c1.Cl. The fraction of sp³-hybridized carbons (Fsp3) is 0.474. The van der Waals surface area contributed by atoms with Crippen LogP contribution in [0.5, 0.6) is 0 Å². The van der Waals surface area contributed by atoms with Gasteiger partial charge in [0.25, 0.3) is 11.5 Å². The van der Waals surface area contributed by atoms with Gasteiger partial charge in [0.1, 0.15) is 11.2 Å². The number of hydrogen-bond donors (Lipinski definition) is 2. The molecule has 0 aliphatic carbocycles. The first-order valence-electron chi connectivity index (χ1n) is 9.27. The van der Waals surface area contributed by atoms with Crippen LogP contribution in [-0.2, 0) is 4.79 Å². The standard InChI is InChI=1S/C19H25N5O3.ClH/c1-13-6-9-24-16(10-13)21-12-15(19(24)27)18(26)23-8-3-2-4-14(23)11-22-17(25)5-7-20;/h6,9-10,12,14H,2-5,7-8,11,20H2,1H3,(H,22,25);1H. The number of nitrogens with one attached hydrogen (secondary N) is 1. The molecule has 3 heterocycles. The number of halogens is 1. The predicted molar refractivity (Wildman–Crippen MR) is 109 cm³/mol. The zero-order valence-corrected chi connectivity index (χ0v) is 16.7. The van der Waals surface area contributed by atoms with Crippen molar-refractivity contribution in [3.05, 3.63) is 46.0 Å². The summed E-state index contributed by atoms with van der Waals surface area (Å²) >= 11 is 0. The first-order valence-corrected chi connectivity index (χ1v) is 9.27. The van der Waals surface area contributed by atoms with Gasteiger partial charge in [-0.15, -0.1) is 12.4 Å². The van der Waals surface area contributed by atoms with Crippen LogP contribution in [0.15, 0.2) is 29.3 Å². The highest BCUT2D eigenvalue weighted by Gasteiger charge is 2.29. The van der Waals surface area contributed by atoms with E-state index in [4.69, 9.17) is 5.73 Å². The summed E-state index contributed by atoms with van der Waals surface area (Å²) < 4.78 is 1.39. The molecule has 0 aromatic carbocycles. The predicted octanol–water partition coefficient (Wildman–Crippen LogP) is 0.884. The van der Waals surface area contributed by atoms with E-state index < -0.39 is 0 Å². The molecule has 3 rings (SSSR count). The van der Waals surface area contributed by atoms with Crippen LogP contribution in [0.25, 0.3) is 5.65 Å². The number of rotatable bonds is 5. The summed E-state index contributed by atoms with van der Waals surface area (Å²) in [6.07, 6.45) is 5.90. The molecule has 28 heavy (non-hydrogen) atoms. The first kappa shape index (κ1) is 21.8. The van der Waals surface area contributed by atoms with Gasteiger partial charge in [-0.05, 0) is 43.9 Å². The number of aromatic nitrogens is 2. The molecule has 1 atom stereocenters. The highest BCUT2D eigenvalue weighted by atomic mass is 35.5. The number of fused-ring (bicyclic) bond motifs is 1. The van der Waals surface area contributed by atoms with E-state index in [0.717, 1.165) is 24.8 Å². The number of hydrogen-bond acceptors (Lipinski definition) is 5. The number of nitrogens with zero attached hydrogens (tertiary/aromatic N) is 3. The Labute approximate surface area is 169 Å². The Hall–Kier alpha value is -2.45. The van der Waals surface area contributed by atoms with Gasteiger partial charge in [0.15, 0.2) is 0 Å². The van der Waals surface area contributed by atoms with Crippen molar-refractivity contribution in [2.24, 2.45) is 5.73 Å². The van der Waals surface area contributed by atoms with E-state index in [9.17, 15) is 14.4 Å². The average Bonchev–Trinajstić information content (AvgIpc) is 2.66. The van der Waals surface area contributed by atoms with Crippen molar-refractivity contribution in [3.63, 3.8) is 0 Å². The van der Waals surface area contributed by atoms with Crippen LogP contribution in [0.1, 0.15) is 41.6 Å². The average molecular weight is 408 g/mol. The first-order chi connectivity index (χ1) is 13.0. The fourth-order valence-corrected chi connectivity index (χ4v) is 3.41. The van der Waals surface area contributed by atoms with Crippen molar-refractivity contribution in [1.29, 1.82) is 0 Å². The van der Waals surface area contributed by atoms with E-state index in [1.54, 1.807) is 23.2 Å². The van der Waals surface area contributed by atoms with Gasteiger partial charge in [0.2, 0.25) is 5.91 Å². The van der Waals surface area contributed by atoms with E-state index in [1.807, 2.05) is 6.92 Å². The summed E-state index contributed by atoms with van der Waals surface area (Å²) in [5.74, 6) is -0.460. The molecular weight excluding hydrogens is 382 g/mol. The highest BCUT2D eigenvalue weighted by molar-refractivity contribution is 5.94. The Kier molecular flexibility index (Phi) is 7.53. The van der Waals surface area contributed by atoms with E-state index in [2.05, 4.69) is 10.3 Å². The molecule has 0 radical (unpaired) electrons. The minimum absolute atomic E-state index is 0. The molecule has 0 saturated carbocycles. The second-order valence-electron chi connectivity index (χ2n) is 6.90. The van der Waals surface area contributed by atoms with E-state index in [1.165, 1.54) is 10.6 Å². The van der Waals surface area contributed by atoms with Crippen LogP contribution >= 0.6 is 12.4 Å². The van der Waals surface area contributed by atoms with Crippen molar-refractivity contribution < 1.29 is 9.59 Å². The third-order valence-electron chi connectivity index (χ3n) is 4.89. The van der Waals surface area contributed by atoms with E-state index in [-0.39, 0.29) is 54.4 Å². The van der Waals surface area contributed by atoms with Gasteiger partial charge in [0.05, 0.1) is 0 Å². The number of pyridine rings is 1. The lowest BCUT2D eigenvalue weighted by atomic mass is 10.0. The number of likely N-dealkylation sites (tertiary alicyclic amines) is 1. The maximum atomic E-state index is 13.1. The zero-order valence-electron chi connectivity index (χ0n) is 15.9. The molecule has 2 aromatic heterocycles. The van der Waals surface area contributed by atoms with Gasteiger partial charge in [-0.2, -0.15) is 0 Å². The van der Waals surface area contributed by atoms with Crippen LogP contribution < -0.4 is 16.6 Å². The van der Waals surface area contributed by atoms with Gasteiger partial charge in [-0.3, -0.25) is 18.8 Å². The van der Waals surface area contributed by atoms with Crippen LogP contribution in [0.3, 0.4) is 0 Å². The molecule has 1 fully saturated rings.